The summed E-state index contributed by atoms with van der Waals surface area (Å²) in [5, 5.41) is 11.3. The number of carbonyl (C=O) groups is 2. The average molecular weight is 290 g/mol. The fraction of sp³-hybridized carbons (Fsp3) is 0.143. The van der Waals surface area contributed by atoms with E-state index in [4.69, 9.17) is 5.11 Å². The zero-order valence-corrected chi connectivity index (χ0v) is 11.5. The first-order chi connectivity index (χ1) is 9.65. The zero-order valence-electron chi connectivity index (χ0n) is 10.7. The number of carboxylic acid groups (broad SMARTS) is 1. The number of nitrogens with one attached hydrogen (secondary N) is 1. The van der Waals surface area contributed by atoms with Gasteiger partial charge in [0, 0.05) is 23.8 Å². The van der Waals surface area contributed by atoms with Crippen LogP contribution in [-0.2, 0) is 9.59 Å². The van der Waals surface area contributed by atoms with Gasteiger partial charge in [0.05, 0.1) is 11.5 Å². The van der Waals surface area contributed by atoms with Crippen molar-refractivity contribution in [1.82, 2.24) is 4.57 Å². The zero-order chi connectivity index (χ0) is 14.4. The molecule has 1 amide bonds. The van der Waals surface area contributed by atoms with E-state index >= 15 is 0 Å². The van der Waals surface area contributed by atoms with E-state index in [9.17, 15) is 9.59 Å². The number of benzene rings is 1. The predicted molar refractivity (Wildman–Crippen MR) is 79.4 cm³/mol. The van der Waals surface area contributed by atoms with Gasteiger partial charge in [-0.3, -0.25) is 9.59 Å². The number of carboxylic acids is 1. The molecule has 0 unspecified atom stereocenters. The SMILES string of the molecule is O=C(O)CSCC(=O)Nc1cccc(-n2cccc2)c1. The molecule has 1 aromatic heterocycles. The quantitative estimate of drug-likeness (QED) is 0.856. The standard InChI is InChI=1S/C14H14N2O3S/c17-13(9-20-10-14(18)19)15-11-4-3-5-12(8-11)16-6-1-2-7-16/h1-8H,9-10H2,(H,15,17)(H,18,19). The smallest absolute Gasteiger partial charge is 0.313 e. The highest BCUT2D eigenvalue weighted by molar-refractivity contribution is 8.00. The largest absolute Gasteiger partial charge is 0.481 e. The topological polar surface area (TPSA) is 71.3 Å². The third kappa shape index (κ3) is 4.17. The summed E-state index contributed by atoms with van der Waals surface area (Å²) in [4.78, 5) is 22.0. The van der Waals surface area contributed by atoms with Crippen LogP contribution in [0, 0.1) is 0 Å². The predicted octanol–water partition coefficient (Wildman–Crippen LogP) is 2.23. The molecule has 0 fully saturated rings. The van der Waals surface area contributed by atoms with Crippen LogP contribution in [0.3, 0.4) is 0 Å². The summed E-state index contributed by atoms with van der Waals surface area (Å²) in [5.74, 6) is -1.07. The van der Waals surface area contributed by atoms with E-state index in [1.807, 2.05) is 47.3 Å². The van der Waals surface area contributed by atoms with Crippen molar-refractivity contribution < 1.29 is 14.7 Å². The van der Waals surface area contributed by atoms with Gasteiger partial charge in [-0.25, -0.2) is 0 Å². The van der Waals surface area contributed by atoms with Crippen LogP contribution in [0.25, 0.3) is 5.69 Å². The van der Waals surface area contributed by atoms with Crippen LogP contribution in [0.15, 0.2) is 48.8 Å². The number of rotatable bonds is 6. The number of nitrogens with zero attached hydrogens (tertiary/aromatic N) is 1. The molecule has 6 heteroatoms. The van der Waals surface area contributed by atoms with E-state index in [1.54, 1.807) is 6.07 Å². The summed E-state index contributed by atoms with van der Waals surface area (Å²) < 4.78 is 1.94. The Bertz CT molecular complexity index is 596. The molecule has 1 aromatic carbocycles. The molecule has 0 saturated heterocycles. The van der Waals surface area contributed by atoms with Crippen LogP contribution in [0.4, 0.5) is 5.69 Å². The van der Waals surface area contributed by atoms with Crippen LogP contribution < -0.4 is 5.32 Å². The molecule has 0 saturated carbocycles. The Morgan fingerprint density at radius 2 is 1.90 bits per heavy atom. The molecule has 5 nitrogen and oxygen atoms in total. The Kier molecular flexibility index (Phi) is 4.84. The summed E-state index contributed by atoms with van der Waals surface area (Å²) >= 11 is 1.07. The van der Waals surface area contributed by atoms with Gasteiger partial charge in [0.25, 0.3) is 0 Å². The lowest BCUT2D eigenvalue weighted by Crippen LogP contribution is -2.15. The minimum Gasteiger partial charge on any atom is -0.481 e. The highest BCUT2D eigenvalue weighted by Crippen LogP contribution is 2.15. The van der Waals surface area contributed by atoms with Gasteiger partial charge < -0.3 is 15.0 Å². The summed E-state index contributed by atoms with van der Waals surface area (Å²) in [7, 11) is 0. The van der Waals surface area contributed by atoms with Crippen molar-refractivity contribution in [3.8, 4) is 5.69 Å². The van der Waals surface area contributed by atoms with E-state index in [0.29, 0.717) is 5.69 Å². The second kappa shape index (κ2) is 6.81. The molecule has 0 atom stereocenters. The molecule has 0 aliphatic heterocycles. The molecule has 2 N–H and O–H groups in total. The van der Waals surface area contributed by atoms with Gasteiger partial charge in [-0.15, -0.1) is 11.8 Å². The van der Waals surface area contributed by atoms with Gasteiger partial charge in [0.15, 0.2) is 0 Å². The van der Waals surface area contributed by atoms with E-state index in [1.165, 1.54) is 0 Å². The van der Waals surface area contributed by atoms with E-state index in [-0.39, 0.29) is 17.4 Å². The number of carbonyl (C=O) groups excluding carboxylic acids is 1. The number of aliphatic carboxylic acids is 1. The Hall–Kier alpha value is -2.21. The number of amides is 1. The Balaban J connectivity index is 1.94. The van der Waals surface area contributed by atoms with Crippen LogP contribution >= 0.6 is 11.8 Å². The second-order valence-electron chi connectivity index (χ2n) is 4.08. The van der Waals surface area contributed by atoms with Crippen molar-refractivity contribution in [3.05, 3.63) is 48.8 Å². The van der Waals surface area contributed by atoms with Crippen molar-refractivity contribution in [2.75, 3.05) is 16.8 Å². The Labute approximate surface area is 120 Å². The first-order valence-corrected chi connectivity index (χ1v) is 7.13. The number of anilines is 1. The van der Waals surface area contributed by atoms with Crippen molar-refractivity contribution in [3.63, 3.8) is 0 Å². The maximum atomic E-state index is 11.7. The maximum Gasteiger partial charge on any atom is 0.313 e. The van der Waals surface area contributed by atoms with Crippen molar-refractivity contribution in [2.45, 2.75) is 0 Å². The van der Waals surface area contributed by atoms with Gasteiger partial charge in [-0.2, -0.15) is 0 Å². The molecule has 1 heterocycles. The van der Waals surface area contributed by atoms with Gasteiger partial charge in [-0.05, 0) is 30.3 Å². The Morgan fingerprint density at radius 1 is 1.15 bits per heavy atom. The van der Waals surface area contributed by atoms with Gasteiger partial charge >= 0.3 is 5.97 Å². The van der Waals surface area contributed by atoms with Crippen LogP contribution in [-0.4, -0.2) is 33.1 Å². The lowest BCUT2D eigenvalue weighted by molar-refractivity contribution is -0.133. The number of hydrogen-bond acceptors (Lipinski definition) is 3. The molecule has 0 bridgehead atoms. The highest BCUT2D eigenvalue weighted by atomic mass is 32.2. The maximum absolute atomic E-state index is 11.7. The average Bonchev–Trinajstić information content (AvgIpc) is 2.92. The van der Waals surface area contributed by atoms with Gasteiger partial charge in [0.1, 0.15) is 0 Å². The highest BCUT2D eigenvalue weighted by Gasteiger charge is 2.05. The minimum absolute atomic E-state index is 0.0726. The molecule has 20 heavy (non-hydrogen) atoms. The lowest BCUT2D eigenvalue weighted by Gasteiger charge is -2.08. The fourth-order valence-electron chi connectivity index (χ4n) is 1.68. The molecule has 2 aromatic rings. The Morgan fingerprint density at radius 3 is 2.60 bits per heavy atom. The molecule has 104 valence electrons. The molecular weight excluding hydrogens is 276 g/mol. The van der Waals surface area contributed by atoms with Crippen molar-refractivity contribution in [2.24, 2.45) is 0 Å². The first kappa shape index (κ1) is 14.2. The minimum atomic E-state index is -0.919. The summed E-state index contributed by atoms with van der Waals surface area (Å²) in [6.07, 6.45) is 3.84. The normalized spacial score (nSPS) is 10.2. The van der Waals surface area contributed by atoms with Crippen LogP contribution in [0.2, 0.25) is 0 Å². The number of aromatic nitrogens is 1. The van der Waals surface area contributed by atoms with E-state index in [2.05, 4.69) is 5.32 Å². The third-order valence-corrected chi connectivity index (χ3v) is 3.41. The molecule has 0 radical (unpaired) electrons. The number of thioether (sulfide) groups is 1. The van der Waals surface area contributed by atoms with Crippen molar-refractivity contribution >= 4 is 29.3 Å². The summed E-state index contributed by atoms with van der Waals surface area (Å²) in [6.45, 7) is 0. The third-order valence-electron chi connectivity index (χ3n) is 2.49. The van der Waals surface area contributed by atoms with E-state index in [0.717, 1.165) is 17.4 Å². The van der Waals surface area contributed by atoms with Crippen molar-refractivity contribution in [1.29, 1.82) is 0 Å². The second-order valence-corrected chi connectivity index (χ2v) is 5.06. The van der Waals surface area contributed by atoms with Gasteiger partial charge in [-0.1, -0.05) is 6.07 Å². The molecule has 0 aliphatic carbocycles. The molecular formula is C14H14N2O3S. The van der Waals surface area contributed by atoms with E-state index < -0.39 is 5.97 Å². The molecule has 0 spiro atoms. The van der Waals surface area contributed by atoms with Crippen LogP contribution in [0.1, 0.15) is 0 Å². The summed E-state index contributed by atoms with van der Waals surface area (Å²) in [6, 6.07) is 11.3. The summed E-state index contributed by atoms with van der Waals surface area (Å²) in [5.41, 5.74) is 1.64. The molecule has 2 rings (SSSR count). The monoisotopic (exact) mass is 290 g/mol. The van der Waals surface area contributed by atoms with Gasteiger partial charge in [0.2, 0.25) is 5.91 Å². The number of hydrogen-bond donors (Lipinski definition) is 2. The van der Waals surface area contributed by atoms with Crippen LogP contribution in [0.5, 0.6) is 0 Å². The fourth-order valence-corrected chi connectivity index (χ4v) is 2.21. The molecule has 0 aliphatic rings. The first-order valence-electron chi connectivity index (χ1n) is 5.98. The lowest BCUT2D eigenvalue weighted by atomic mass is 10.2.